The molecule has 2 fully saturated rings. The van der Waals surface area contributed by atoms with Gasteiger partial charge in [0, 0.05) is 12.8 Å². The van der Waals surface area contributed by atoms with Crippen LogP contribution < -0.4 is 4.74 Å². The van der Waals surface area contributed by atoms with Gasteiger partial charge < -0.3 is 14.2 Å². The van der Waals surface area contributed by atoms with Crippen molar-refractivity contribution in [3.8, 4) is 5.75 Å². The molecule has 0 amide bonds. The maximum Gasteiger partial charge on any atom is 0.348 e. The third-order valence-corrected chi connectivity index (χ3v) is 5.41. The molecule has 25 heavy (non-hydrogen) atoms. The van der Waals surface area contributed by atoms with Gasteiger partial charge >= 0.3 is 11.9 Å². The average Bonchev–Trinajstić information content (AvgIpc) is 2.55. The molecule has 5 nitrogen and oxygen atoms in total. The summed E-state index contributed by atoms with van der Waals surface area (Å²) >= 11 is 6.87. The summed E-state index contributed by atoms with van der Waals surface area (Å²) < 4.78 is 18.0. The minimum atomic E-state index is -1.07. The molecule has 1 spiro atoms. The van der Waals surface area contributed by atoms with Crippen LogP contribution in [0.15, 0.2) is 26.7 Å². The molecule has 1 heterocycles. The van der Waals surface area contributed by atoms with Crippen molar-refractivity contribution in [2.75, 3.05) is 6.61 Å². The molecule has 1 aliphatic carbocycles. The molecule has 0 atom stereocenters. The summed E-state index contributed by atoms with van der Waals surface area (Å²) in [6.07, 6.45) is 5.45. The van der Waals surface area contributed by atoms with Crippen LogP contribution in [0.2, 0.25) is 0 Å². The topological polar surface area (TPSA) is 61.8 Å². The van der Waals surface area contributed by atoms with E-state index >= 15 is 0 Å². The quantitative estimate of drug-likeness (QED) is 0.360. The summed E-state index contributed by atoms with van der Waals surface area (Å²) in [5.74, 6) is -1.65. The van der Waals surface area contributed by atoms with E-state index in [2.05, 4.69) is 31.9 Å². The van der Waals surface area contributed by atoms with Gasteiger partial charge in [0.25, 0.3) is 5.79 Å². The molecule has 2 aliphatic rings. The van der Waals surface area contributed by atoms with Crippen LogP contribution in [0.1, 0.15) is 44.6 Å². The Morgan fingerprint density at radius 3 is 2.16 bits per heavy atom. The molecule has 1 aromatic carbocycles. The van der Waals surface area contributed by atoms with Gasteiger partial charge in [0.1, 0.15) is 11.3 Å². The van der Waals surface area contributed by atoms with Gasteiger partial charge in [0.15, 0.2) is 0 Å². The molecule has 0 radical (unpaired) electrons. The highest BCUT2D eigenvalue weighted by Gasteiger charge is 2.46. The van der Waals surface area contributed by atoms with Crippen LogP contribution in [0.4, 0.5) is 0 Å². The zero-order valence-corrected chi connectivity index (χ0v) is 16.9. The molecular formula is C18H18Br2O5. The maximum absolute atomic E-state index is 12.4. The standard InChI is InChI=1S/C18H18Br2O5/c1-2-23-15-13(19)9-11(10-14(15)20)8-12-16(21)24-18(25-17(12)22)6-4-3-5-7-18/h8-10H,2-7H2,1H3. The predicted molar refractivity (Wildman–Crippen MR) is 99.0 cm³/mol. The largest absolute Gasteiger partial charge is 0.492 e. The SMILES string of the molecule is CCOc1c(Br)cc(C=C2C(=O)OC3(CCCCC3)OC2=O)cc1Br. The first-order valence-corrected chi connectivity index (χ1v) is 9.83. The molecule has 134 valence electrons. The molecule has 0 aromatic heterocycles. The molecular weight excluding hydrogens is 456 g/mol. The lowest BCUT2D eigenvalue weighted by molar-refractivity contribution is -0.244. The van der Waals surface area contributed by atoms with Gasteiger partial charge in [-0.05, 0) is 75.4 Å². The van der Waals surface area contributed by atoms with Gasteiger partial charge in [-0.2, -0.15) is 0 Å². The summed E-state index contributed by atoms with van der Waals surface area (Å²) in [6.45, 7) is 2.42. The van der Waals surface area contributed by atoms with Crippen molar-refractivity contribution in [3.05, 3.63) is 32.2 Å². The lowest BCUT2D eigenvalue weighted by Gasteiger charge is -2.38. The van der Waals surface area contributed by atoms with Crippen molar-refractivity contribution in [2.24, 2.45) is 0 Å². The number of rotatable bonds is 3. The minimum absolute atomic E-state index is 0.0980. The Labute approximate surface area is 163 Å². The Hall–Kier alpha value is -1.34. The fraction of sp³-hybridized carbons (Fsp3) is 0.444. The van der Waals surface area contributed by atoms with Gasteiger partial charge in [0.05, 0.1) is 15.6 Å². The van der Waals surface area contributed by atoms with E-state index < -0.39 is 17.7 Å². The molecule has 1 aliphatic heterocycles. The van der Waals surface area contributed by atoms with E-state index in [1.54, 1.807) is 12.1 Å². The number of benzene rings is 1. The Balaban J connectivity index is 1.87. The predicted octanol–water partition coefficient (Wildman–Crippen LogP) is 4.75. The second kappa shape index (κ2) is 7.50. The summed E-state index contributed by atoms with van der Waals surface area (Å²) in [7, 11) is 0. The molecule has 1 saturated carbocycles. The Bertz CT molecular complexity index is 690. The number of ether oxygens (including phenoxy) is 3. The summed E-state index contributed by atoms with van der Waals surface area (Å²) in [5.41, 5.74) is 0.560. The highest BCUT2D eigenvalue weighted by molar-refractivity contribution is 9.11. The van der Waals surface area contributed by atoms with Crippen molar-refractivity contribution in [3.63, 3.8) is 0 Å². The second-order valence-corrected chi connectivity index (χ2v) is 7.76. The fourth-order valence-electron chi connectivity index (χ4n) is 3.08. The van der Waals surface area contributed by atoms with E-state index in [9.17, 15) is 9.59 Å². The van der Waals surface area contributed by atoms with E-state index in [1.807, 2.05) is 6.92 Å². The Kier molecular flexibility index (Phi) is 5.53. The Morgan fingerprint density at radius 2 is 1.64 bits per heavy atom. The van der Waals surface area contributed by atoms with E-state index in [4.69, 9.17) is 14.2 Å². The normalized spacial score (nSPS) is 19.4. The highest BCUT2D eigenvalue weighted by atomic mass is 79.9. The molecule has 1 aromatic rings. The summed E-state index contributed by atoms with van der Waals surface area (Å²) in [6, 6.07) is 3.54. The zero-order valence-electron chi connectivity index (χ0n) is 13.8. The van der Waals surface area contributed by atoms with Crippen molar-refractivity contribution < 1.29 is 23.8 Å². The van der Waals surface area contributed by atoms with E-state index in [-0.39, 0.29) is 5.57 Å². The number of carbonyl (C=O) groups excluding carboxylic acids is 2. The van der Waals surface area contributed by atoms with Gasteiger partial charge in [-0.1, -0.05) is 6.42 Å². The van der Waals surface area contributed by atoms with Gasteiger partial charge in [0.2, 0.25) is 0 Å². The number of hydrogen-bond donors (Lipinski definition) is 0. The summed E-state index contributed by atoms with van der Waals surface area (Å²) in [4.78, 5) is 24.8. The van der Waals surface area contributed by atoms with Gasteiger partial charge in [-0.25, -0.2) is 9.59 Å². The smallest absolute Gasteiger partial charge is 0.348 e. The number of hydrogen-bond acceptors (Lipinski definition) is 5. The summed E-state index contributed by atoms with van der Waals surface area (Å²) in [5, 5.41) is 0. The van der Waals surface area contributed by atoms with Crippen LogP contribution in [0.3, 0.4) is 0 Å². The molecule has 1 saturated heterocycles. The molecule has 0 N–H and O–H groups in total. The first-order valence-electron chi connectivity index (χ1n) is 8.24. The van der Waals surface area contributed by atoms with E-state index in [0.29, 0.717) is 30.8 Å². The van der Waals surface area contributed by atoms with E-state index in [1.165, 1.54) is 6.08 Å². The third kappa shape index (κ3) is 3.92. The van der Waals surface area contributed by atoms with Crippen LogP contribution in [-0.4, -0.2) is 24.3 Å². The minimum Gasteiger partial charge on any atom is -0.492 e. The Morgan fingerprint density at radius 1 is 1.08 bits per heavy atom. The van der Waals surface area contributed by atoms with Crippen LogP contribution >= 0.6 is 31.9 Å². The number of esters is 2. The van der Waals surface area contributed by atoms with Crippen molar-refractivity contribution >= 4 is 49.9 Å². The van der Waals surface area contributed by atoms with E-state index in [0.717, 1.165) is 28.2 Å². The lowest BCUT2D eigenvalue weighted by Crippen LogP contribution is -2.47. The second-order valence-electron chi connectivity index (χ2n) is 6.06. The molecule has 0 unspecified atom stereocenters. The van der Waals surface area contributed by atoms with Crippen molar-refractivity contribution in [2.45, 2.75) is 44.8 Å². The first-order chi connectivity index (χ1) is 11.9. The average molecular weight is 474 g/mol. The molecule has 7 heteroatoms. The third-order valence-electron chi connectivity index (χ3n) is 4.23. The number of halogens is 2. The van der Waals surface area contributed by atoms with Crippen molar-refractivity contribution in [1.82, 2.24) is 0 Å². The van der Waals surface area contributed by atoms with Crippen LogP contribution in [-0.2, 0) is 19.1 Å². The monoisotopic (exact) mass is 472 g/mol. The highest BCUT2D eigenvalue weighted by Crippen LogP contribution is 2.38. The molecule has 0 bridgehead atoms. The van der Waals surface area contributed by atoms with Gasteiger partial charge in [-0.3, -0.25) is 0 Å². The lowest BCUT2D eigenvalue weighted by atomic mass is 9.93. The van der Waals surface area contributed by atoms with Crippen LogP contribution in [0.5, 0.6) is 5.75 Å². The maximum atomic E-state index is 12.4. The van der Waals surface area contributed by atoms with Crippen molar-refractivity contribution in [1.29, 1.82) is 0 Å². The fourth-order valence-corrected chi connectivity index (χ4v) is 4.53. The zero-order chi connectivity index (χ0) is 18.0. The number of carbonyl (C=O) groups is 2. The van der Waals surface area contributed by atoms with Crippen LogP contribution in [0.25, 0.3) is 6.08 Å². The van der Waals surface area contributed by atoms with Gasteiger partial charge in [-0.15, -0.1) is 0 Å². The van der Waals surface area contributed by atoms with Crippen LogP contribution in [0, 0.1) is 0 Å². The molecule has 3 rings (SSSR count). The first kappa shape index (κ1) is 18.5.